The third-order valence-electron chi connectivity index (χ3n) is 5.41. The minimum Gasteiger partial charge on any atom is -0.312 e. The fourth-order valence-electron chi connectivity index (χ4n) is 4.22. The van der Waals surface area contributed by atoms with Crippen LogP contribution in [-0.2, 0) is 27.7 Å². The fourth-order valence-corrected chi connectivity index (χ4v) is 5.44. The summed E-state index contributed by atoms with van der Waals surface area (Å²) < 4.78 is 28.9. The summed E-state index contributed by atoms with van der Waals surface area (Å²) in [5.74, 6) is 0.156. The average molecular weight is 393 g/mol. The van der Waals surface area contributed by atoms with Gasteiger partial charge in [0.25, 0.3) is 10.0 Å². The standard InChI is InChI=1S/C21H19N3O3S/c25-19-9-8-16-13-17(12-15-6-3-11-24(19)21(15)16)23-28(26,27)18-7-1-4-14-5-2-10-22-20(14)18/h1-2,4-5,7,10,12-13,23H,3,6,8-9,11H2. The summed E-state index contributed by atoms with van der Waals surface area (Å²) in [5, 5.41) is 0.778. The van der Waals surface area contributed by atoms with Gasteiger partial charge in [-0.15, -0.1) is 0 Å². The molecular formula is C21H19N3O3S. The predicted molar refractivity (Wildman–Crippen MR) is 108 cm³/mol. The first-order chi connectivity index (χ1) is 13.5. The minimum atomic E-state index is -3.79. The van der Waals surface area contributed by atoms with Crippen LogP contribution >= 0.6 is 0 Å². The van der Waals surface area contributed by atoms with E-state index >= 15 is 0 Å². The number of benzene rings is 2. The maximum atomic E-state index is 13.1. The number of pyridine rings is 1. The lowest BCUT2D eigenvalue weighted by Gasteiger charge is -2.35. The number of aryl methyl sites for hydroxylation is 2. The summed E-state index contributed by atoms with van der Waals surface area (Å²) >= 11 is 0. The molecule has 0 unspecified atom stereocenters. The number of amides is 1. The molecule has 2 aliphatic heterocycles. The Hall–Kier alpha value is -2.93. The van der Waals surface area contributed by atoms with Crippen molar-refractivity contribution in [1.29, 1.82) is 0 Å². The van der Waals surface area contributed by atoms with E-state index in [9.17, 15) is 13.2 Å². The Morgan fingerprint density at radius 3 is 2.64 bits per heavy atom. The van der Waals surface area contributed by atoms with Crippen LogP contribution in [-0.4, -0.2) is 25.9 Å². The lowest BCUT2D eigenvalue weighted by atomic mass is 9.91. The predicted octanol–water partition coefficient (Wildman–Crippen LogP) is 3.26. The molecule has 0 atom stereocenters. The third-order valence-corrected chi connectivity index (χ3v) is 6.83. The Kier molecular flexibility index (Phi) is 3.87. The van der Waals surface area contributed by atoms with Crippen LogP contribution < -0.4 is 9.62 Å². The second-order valence-electron chi connectivity index (χ2n) is 7.23. The fraction of sp³-hybridized carbons (Fsp3) is 0.238. The van der Waals surface area contributed by atoms with Crippen LogP contribution in [0.4, 0.5) is 11.4 Å². The molecule has 0 saturated carbocycles. The van der Waals surface area contributed by atoms with Crippen LogP contribution in [0.15, 0.2) is 53.6 Å². The van der Waals surface area contributed by atoms with Crippen LogP contribution in [0, 0.1) is 0 Å². The van der Waals surface area contributed by atoms with E-state index in [0.29, 0.717) is 24.0 Å². The monoisotopic (exact) mass is 393 g/mol. The Bertz CT molecular complexity index is 1200. The topological polar surface area (TPSA) is 79.4 Å². The zero-order valence-corrected chi connectivity index (χ0v) is 16.0. The number of anilines is 2. The average Bonchev–Trinajstić information content (AvgIpc) is 2.70. The quantitative estimate of drug-likeness (QED) is 0.741. The normalized spacial score (nSPS) is 16.1. The van der Waals surface area contributed by atoms with Crippen molar-refractivity contribution < 1.29 is 13.2 Å². The van der Waals surface area contributed by atoms with E-state index in [4.69, 9.17) is 0 Å². The smallest absolute Gasteiger partial charge is 0.264 e. The number of hydrogen-bond donors (Lipinski definition) is 1. The summed E-state index contributed by atoms with van der Waals surface area (Å²) in [6.07, 6.45) is 4.44. The number of nitrogens with zero attached hydrogens (tertiary/aromatic N) is 2. The van der Waals surface area contributed by atoms with Crippen molar-refractivity contribution >= 4 is 38.2 Å². The maximum Gasteiger partial charge on any atom is 0.264 e. The highest BCUT2D eigenvalue weighted by Gasteiger charge is 2.30. The highest BCUT2D eigenvalue weighted by molar-refractivity contribution is 7.93. The van der Waals surface area contributed by atoms with Crippen LogP contribution in [0.1, 0.15) is 24.0 Å². The molecule has 0 spiro atoms. The van der Waals surface area contributed by atoms with Gasteiger partial charge in [0.2, 0.25) is 5.91 Å². The number of carbonyl (C=O) groups excluding carboxylic acids is 1. The van der Waals surface area contributed by atoms with Gasteiger partial charge in [-0.3, -0.25) is 14.5 Å². The van der Waals surface area contributed by atoms with Crippen molar-refractivity contribution in [3.05, 3.63) is 59.8 Å². The van der Waals surface area contributed by atoms with Crippen molar-refractivity contribution in [2.24, 2.45) is 0 Å². The molecule has 28 heavy (non-hydrogen) atoms. The van der Waals surface area contributed by atoms with Crippen molar-refractivity contribution in [2.45, 2.75) is 30.6 Å². The van der Waals surface area contributed by atoms with E-state index in [1.54, 1.807) is 24.4 Å². The van der Waals surface area contributed by atoms with Gasteiger partial charge in [-0.25, -0.2) is 8.42 Å². The molecule has 5 rings (SSSR count). The summed E-state index contributed by atoms with van der Waals surface area (Å²) in [7, 11) is -3.79. The SMILES string of the molecule is O=C1CCc2cc(NS(=O)(=O)c3cccc4cccnc34)cc3c2N1CCC3. The van der Waals surface area contributed by atoms with E-state index < -0.39 is 10.0 Å². The maximum absolute atomic E-state index is 13.1. The zero-order valence-electron chi connectivity index (χ0n) is 15.2. The zero-order chi connectivity index (χ0) is 19.3. The van der Waals surface area contributed by atoms with Crippen LogP contribution in [0.3, 0.4) is 0 Å². The molecule has 0 bridgehead atoms. The Balaban J connectivity index is 1.57. The van der Waals surface area contributed by atoms with Gasteiger partial charge in [0.05, 0.1) is 11.2 Å². The molecule has 142 valence electrons. The van der Waals surface area contributed by atoms with Gasteiger partial charge < -0.3 is 4.90 Å². The summed E-state index contributed by atoms with van der Waals surface area (Å²) in [6.45, 7) is 0.742. The molecule has 3 aromatic rings. The van der Waals surface area contributed by atoms with E-state index in [1.807, 2.05) is 29.2 Å². The van der Waals surface area contributed by atoms with Gasteiger partial charge in [-0.2, -0.15) is 0 Å². The number of sulfonamides is 1. The lowest BCUT2D eigenvalue weighted by Crippen LogP contribution is -2.39. The van der Waals surface area contributed by atoms with E-state index in [2.05, 4.69) is 9.71 Å². The van der Waals surface area contributed by atoms with Crippen LogP contribution in [0.25, 0.3) is 10.9 Å². The van der Waals surface area contributed by atoms with E-state index in [-0.39, 0.29) is 10.8 Å². The molecule has 0 aliphatic carbocycles. The molecule has 3 heterocycles. The van der Waals surface area contributed by atoms with Gasteiger partial charge in [-0.05, 0) is 54.7 Å². The first kappa shape index (κ1) is 17.2. The second kappa shape index (κ2) is 6.31. The molecule has 1 aromatic heterocycles. The van der Waals surface area contributed by atoms with Crippen LogP contribution in [0.2, 0.25) is 0 Å². The Morgan fingerprint density at radius 2 is 1.79 bits per heavy atom. The molecule has 2 aliphatic rings. The summed E-state index contributed by atoms with van der Waals surface area (Å²) in [5.41, 5.74) is 4.04. The Labute approximate surface area is 163 Å². The van der Waals surface area contributed by atoms with Gasteiger partial charge >= 0.3 is 0 Å². The Morgan fingerprint density at radius 1 is 1.00 bits per heavy atom. The largest absolute Gasteiger partial charge is 0.312 e. The number of nitrogens with one attached hydrogen (secondary N) is 1. The van der Waals surface area contributed by atoms with E-state index in [1.165, 1.54) is 0 Å². The highest BCUT2D eigenvalue weighted by Crippen LogP contribution is 2.38. The summed E-state index contributed by atoms with van der Waals surface area (Å²) in [6, 6.07) is 12.5. The molecular weight excluding hydrogens is 374 g/mol. The molecule has 1 N–H and O–H groups in total. The number of fused-ring (bicyclic) bond motifs is 1. The minimum absolute atomic E-state index is 0.156. The van der Waals surface area contributed by atoms with Crippen molar-refractivity contribution in [3.8, 4) is 0 Å². The molecule has 6 nitrogen and oxygen atoms in total. The first-order valence-electron chi connectivity index (χ1n) is 9.36. The molecule has 0 saturated heterocycles. The van der Waals surface area contributed by atoms with Gasteiger partial charge in [0.1, 0.15) is 4.90 Å². The van der Waals surface area contributed by atoms with Gasteiger partial charge in [-0.1, -0.05) is 18.2 Å². The molecule has 0 radical (unpaired) electrons. The second-order valence-corrected chi connectivity index (χ2v) is 8.88. The third kappa shape index (κ3) is 2.74. The first-order valence-corrected chi connectivity index (χ1v) is 10.8. The van der Waals surface area contributed by atoms with Crippen LogP contribution in [0.5, 0.6) is 0 Å². The van der Waals surface area contributed by atoms with Crippen molar-refractivity contribution in [2.75, 3.05) is 16.2 Å². The number of para-hydroxylation sites is 1. The van der Waals surface area contributed by atoms with Crippen molar-refractivity contribution in [3.63, 3.8) is 0 Å². The molecule has 7 heteroatoms. The van der Waals surface area contributed by atoms with Gasteiger partial charge in [0, 0.05) is 30.2 Å². The van der Waals surface area contributed by atoms with Crippen molar-refractivity contribution in [1.82, 2.24) is 4.98 Å². The lowest BCUT2D eigenvalue weighted by molar-refractivity contribution is -0.119. The summed E-state index contributed by atoms with van der Waals surface area (Å²) in [4.78, 5) is 18.5. The number of hydrogen-bond acceptors (Lipinski definition) is 4. The van der Waals surface area contributed by atoms with E-state index in [0.717, 1.165) is 41.6 Å². The van der Waals surface area contributed by atoms with Gasteiger partial charge in [0.15, 0.2) is 0 Å². The number of carbonyl (C=O) groups is 1. The number of aromatic nitrogens is 1. The highest BCUT2D eigenvalue weighted by atomic mass is 32.2. The number of rotatable bonds is 3. The molecule has 1 amide bonds. The molecule has 0 fully saturated rings. The molecule has 2 aromatic carbocycles.